The summed E-state index contributed by atoms with van der Waals surface area (Å²) in [4.78, 5) is 0.0604. The molecule has 2 aromatic carbocycles. The number of aromatic nitrogens is 2. The number of hydrogen-bond donors (Lipinski definition) is 0. The Morgan fingerprint density at radius 3 is 2.22 bits per heavy atom. The molecule has 0 fully saturated rings. The Morgan fingerprint density at radius 2 is 1.70 bits per heavy atom. The topological polar surface area (TPSA) is 64.4 Å². The van der Waals surface area contributed by atoms with Crippen molar-refractivity contribution in [1.82, 2.24) is 14.1 Å². The number of hydrogen-bond acceptors (Lipinski definition) is 4. The van der Waals surface area contributed by atoms with Crippen molar-refractivity contribution in [3.63, 3.8) is 0 Å². The third-order valence-corrected chi connectivity index (χ3v) is 5.84. The monoisotopic (exact) mass is 399 g/mol. The van der Waals surface area contributed by atoms with Gasteiger partial charge < -0.3 is 4.74 Å². The van der Waals surface area contributed by atoms with Crippen molar-refractivity contribution in [2.45, 2.75) is 11.1 Å². The summed E-state index contributed by atoms with van der Waals surface area (Å²) in [5.74, 6) is 0.167. The highest BCUT2D eigenvalue weighted by Gasteiger charge is 2.30. The Morgan fingerprint density at radius 1 is 1.07 bits per heavy atom. The molecule has 6 nitrogen and oxygen atoms in total. The molecule has 3 rings (SSSR count). The highest BCUT2D eigenvalue weighted by molar-refractivity contribution is 7.89. The predicted octanol–water partition coefficient (Wildman–Crippen LogP) is 3.30. The molecule has 0 radical (unpaired) electrons. The number of sulfonamides is 1. The first-order valence-corrected chi connectivity index (χ1v) is 9.16. The van der Waals surface area contributed by atoms with E-state index in [-0.39, 0.29) is 10.8 Å². The van der Waals surface area contributed by atoms with Crippen LogP contribution in [-0.2, 0) is 16.2 Å². The lowest BCUT2D eigenvalue weighted by Gasteiger charge is -2.11. The first-order chi connectivity index (χ1) is 12.6. The zero-order valence-corrected chi connectivity index (χ0v) is 15.5. The summed E-state index contributed by atoms with van der Waals surface area (Å²) >= 11 is 0. The van der Waals surface area contributed by atoms with Crippen LogP contribution >= 0.6 is 0 Å². The molecule has 1 heterocycles. The van der Waals surface area contributed by atoms with Crippen molar-refractivity contribution in [3.05, 3.63) is 48.0 Å². The maximum atomic E-state index is 12.8. The number of fused-ring (bicyclic) bond motifs is 1. The highest BCUT2D eigenvalue weighted by atomic mass is 32.2. The van der Waals surface area contributed by atoms with Crippen LogP contribution in [0.4, 0.5) is 13.2 Å². The predicted molar refractivity (Wildman–Crippen MR) is 93.5 cm³/mol. The molecule has 0 spiro atoms. The third kappa shape index (κ3) is 3.37. The van der Waals surface area contributed by atoms with E-state index in [4.69, 9.17) is 4.74 Å². The fourth-order valence-electron chi connectivity index (χ4n) is 2.58. The van der Waals surface area contributed by atoms with Gasteiger partial charge in [0.15, 0.2) is 0 Å². The minimum absolute atomic E-state index is 0.0604. The molecule has 0 N–H and O–H groups in total. The molecule has 144 valence electrons. The van der Waals surface area contributed by atoms with Gasteiger partial charge in [-0.3, -0.25) is 0 Å². The van der Waals surface area contributed by atoms with Gasteiger partial charge >= 0.3 is 6.18 Å². The molecule has 0 aliphatic heterocycles. The fourth-order valence-corrected chi connectivity index (χ4v) is 3.51. The first kappa shape index (κ1) is 19.2. The summed E-state index contributed by atoms with van der Waals surface area (Å²) in [5.41, 5.74) is 0.123. The number of rotatable bonds is 4. The lowest BCUT2D eigenvalue weighted by Crippen LogP contribution is -2.22. The van der Waals surface area contributed by atoms with Gasteiger partial charge in [0.25, 0.3) is 0 Å². The number of alkyl halides is 3. The van der Waals surface area contributed by atoms with E-state index < -0.39 is 21.8 Å². The van der Waals surface area contributed by atoms with E-state index >= 15 is 0 Å². The van der Waals surface area contributed by atoms with Crippen molar-refractivity contribution < 1.29 is 26.3 Å². The van der Waals surface area contributed by atoms with Gasteiger partial charge in [-0.25, -0.2) is 17.4 Å². The average Bonchev–Trinajstić information content (AvgIpc) is 2.99. The fraction of sp³-hybridized carbons (Fsp3) is 0.235. The van der Waals surface area contributed by atoms with Gasteiger partial charge in [0.2, 0.25) is 15.9 Å². The van der Waals surface area contributed by atoms with Gasteiger partial charge in [0.1, 0.15) is 0 Å². The van der Waals surface area contributed by atoms with Crippen LogP contribution in [0, 0.1) is 0 Å². The molecule has 1 aromatic heterocycles. The standard InChI is InChI=1S/C17H16F3N3O3S/c1-22(2)27(24,25)13-8-9-15-14(10-13)16(26-3)21-23(15)12-6-4-11(5-7-12)17(18,19)20/h4-10H,1-3H3. The van der Waals surface area contributed by atoms with Crippen LogP contribution in [0.3, 0.4) is 0 Å². The van der Waals surface area contributed by atoms with E-state index in [1.54, 1.807) is 6.07 Å². The van der Waals surface area contributed by atoms with Crippen LogP contribution in [0.2, 0.25) is 0 Å². The summed E-state index contributed by atoms with van der Waals surface area (Å²) in [5, 5.41) is 4.67. The number of methoxy groups -OCH3 is 1. The zero-order valence-electron chi connectivity index (χ0n) is 14.6. The molecule has 0 atom stereocenters. The zero-order chi connectivity index (χ0) is 20.0. The SMILES string of the molecule is COc1nn(-c2ccc(C(F)(F)F)cc2)c2ccc(S(=O)(=O)N(C)C)cc12. The molecule has 0 unspecified atom stereocenters. The van der Waals surface area contributed by atoms with Gasteiger partial charge in [0, 0.05) is 14.1 Å². The van der Waals surface area contributed by atoms with Crippen LogP contribution in [0.5, 0.6) is 5.88 Å². The second kappa shape index (κ2) is 6.54. The number of benzene rings is 2. The quantitative estimate of drug-likeness (QED) is 0.675. The highest BCUT2D eigenvalue weighted by Crippen LogP contribution is 2.32. The Labute approximate surface area is 153 Å². The molecule has 0 bridgehead atoms. The number of ether oxygens (including phenoxy) is 1. The minimum Gasteiger partial charge on any atom is -0.479 e. The number of nitrogens with zero attached hydrogens (tertiary/aromatic N) is 3. The Hall–Kier alpha value is -2.59. The Bertz CT molecular complexity index is 1090. The molecule has 3 aromatic rings. The summed E-state index contributed by atoms with van der Waals surface area (Å²) in [7, 11) is 0.564. The van der Waals surface area contributed by atoms with E-state index in [2.05, 4.69) is 5.10 Å². The van der Waals surface area contributed by atoms with Crippen molar-refractivity contribution >= 4 is 20.9 Å². The van der Waals surface area contributed by atoms with E-state index in [1.165, 1.54) is 50.2 Å². The van der Waals surface area contributed by atoms with Gasteiger partial charge in [-0.1, -0.05) is 0 Å². The second-order valence-corrected chi connectivity index (χ2v) is 8.08. The van der Waals surface area contributed by atoms with Crippen LogP contribution in [0.15, 0.2) is 47.4 Å². The molecular formula is C17H16F3N3O3S. The lowest BCUT2D eigenvalue weighted by atomic mass is 10.2. The second-order valence-electron chi connectivity index (χ2n) is 5.93. The third-order valence-electron chi connectivity index (χ3n) is 4.03. The summed E-state index contributed by atoms with van der Waals surface area (Å²) in [6.07, 6.45) is -4.43. The molecule has 0 aliphatic carbocycles. The van der Waals surface area contributed by atoms with Crippen LogP contribution in [-0.4, -0.2) is 43.7 Å². The lowest BCUT2D eigenvalue weighted by molar-refractivity contribution is -0.137. The van der Waals surface area contributed by atoms with Crippen LogP contribution < -0.4 is 4.74 Å². The van der Waals surface area contributed by atoms with E-state index in [0.717, 1.165) is 16.4 Å². The maximum absolute atomic E-state index is 12.8. The number of halogens is 3. The van der Waals surface area contributed by atoms with Gasteiger partial charge in [-0.05, 0) is 42.5 Å². The van der Waals surface area contributed by atoms with Crippen LogP contribution in [0.1, 0.15) is 5.56 Å². The Kier molecular flexibility index (Phi) is 4.64. The van der Waals surface area contributed by atoms with E-state index in [1.807, 2.05) is 0 Å². The summed E-state index contributed by atoms with van der Waals surface area (Å²) in [6, 6.07) is 8.88. The molecule has 0 saturated heterocycles. The van der Waals surface area contributed by atoms with Crippen molar-refractivity contribution in [2.24, 2.45) is 0 Å². The smallest absolute Gasteiger partial charge is 0.416 e. The van der Waals surface area contributed by atoms with E-state index in [0.29, 0.717) is 16.6 Å². The Balaban J connectivity index is 2.16. The molecule has 0 amide bonds. The van der Waals surface area contributed by atoms with Crippen LogP contribution in [0.25, 0.3) is 16.6 Å². The largest absolute Gasteiger partial charge is 0.479 e. The molecule has 27 heavy (non-hydrogen) atoms. The van der Waals surface area contributed by atoms with Crippen molar-refractivity contribution in [1.29, 1.82) is 0 Å². The van der Waals surface area contributed by atoms with Crippen molar-refractivity contribution in [2.75, 3.05) is 21.2 Å². The molecule has 10 heteroatoms. The molecular weight excluding hydrogens is 383 g/mol. The first-order valence-electron chi connectivity index (χ1n) is 7.72. The molecule has 0 aliphatic rings. The summed E-state index contributed by atoms with van der Waals surface area (Å²) in [6.45, 7) is 0. The molecule has 0 saturated carbocycles. The van der Waals surface area contributed by atoms with Gasteiger partial charge in [0.05, 0.1) is 34.2 Å². The normalized spacial score (nSPS) is 12.7. The van der Waals surface area contributed by atoms with Gasteiger partial charge in [-0.2, -0.15) is 13.2 Å². The van der Waals surface area contributed by atoms with Crippen molar-refractivity contribution in [3.8, 4) is 11.6 Å². The maximum Gasteiger partial charge on any atom is 0.416 e. The average molecular weight is 399 g/mol. The summed E-state index contributed by atoms with van der Waals surface area (Å²) < 4.78 is 70.6. The minimum atomic E-state index is -4.43. The van der Waals surface area contributed by atoms with Gasteiger partial charge in [-0.15, -0.1) is 5.10 Å². The van der Waals surface area contributed by atoms with E-state index in [9.17, 15) is 21.6 Å².